The van der Waals surface area contributed by atoms with E-state index in [-0.39, 0.29) is 17.9 Å². The molecule has 2 N–H and O–H groups in total. The van der Waals surface area contributed by atoms with Crippen LogP contribution in [0.2, 0.25) is 0 Å². The SMILES string of the molecule is CCCc1cc(C(=O)N(Cc2cccnc2)C[C@@H]2CCC(=O)N2)n[nH]1. The van der Waals surface area contributed by atoms with Crippen molar-refractivity contribution in [3.8, 4) is 0 Å². The molecule has 3 heterocycles. The van der Waals surface area contributed by atoms with Crippen molar-refractivity contribution in [2.75, 3.05) is 6.54 Å². The van der Waals surface area contributed by atoms with Crippen molar-refractivity contribution in [1.29, 1.82) is 0 Å². The van der Waals surface area contributed by atoms with Crippen molar-refractivity contribution in [2.45, 2.75) is 45.2 Å². The molecule has 0 bridgehead atoms. The van der Waals surface area contributed by atoms with Crippen LogP contribution in [0, 0.1) is 0 Å². The van der Waals surface area contributed by atoms with E-state index in [1.54, 1.807) is 17.3 Å². The van der Waals surface area contributed by atoms with E-state index in [0.29, 0.717) is 25.2 Å². The van der Waals surface area contributed by atoms with Crippen LogP contribution < -0.4 is 5.32 Å². The zero-order valence-corrected chi connectivity index (χ0v) is 14.4. The molecule has 0 spiro atoms. The zero-order chi connectivity index (χ0) is 17.6. The lowest BCUT2D eigenvalue weighted by Crippen LogP contribution is -2.41. The first kappa shape index (κ1) is 17.1. The lowest BCUT2D eigenvalue weighted by atomic mass is 10.1. The number of aromatic nitrogens is 3. The van der Waals surface area contributed by atoms with E-state index in [9.17, 15) is 9.59 Å². The first-order valence-corrected chi connectivity index (χ1v) is 8.67. The van der Waals surface area contributed by atoms with Gasteiger partial charge in [-0.1, -0.05) is 19.4 Å². The van der Waals surface area contributed by atoms with Gasteiger partial charge < -0.3 is 10.2 Å². The summed E-state index contributed by atoms with van der Waals surface area (Å²) in [6.07, 6.45) is 6.57. The minimum absolute atomic E-state index is 0.0119. The molecule has 0 radical (unpaired) electrons. The summed E-state index contributed by atoms with van der Waals surface area (Å²) in [5, 5.41) is 10.0. The number of nitrogens with one attached hydrogen (secondary N) is 2. The Labute approximate surface area is 146 Å². The van der Waals surface area contributed by atoms with Gasteiger partial charge >= 0.3 is 0 Å². The Balaban J connectivity index is 1.76. The van der Waals surface area contributed by atoms with Gasteiger partial charge in [0, 0.05) is 43.6 Å². The average molecular weight is 341 g/mol. The van der Waals surface area contributed by atoms with Gasteiger partial charge in [0.15, 0.2) is 0 Å². The molecule has 25 heavy (non-hydrogen) atoms. The maximum Gasteiger partial charge on any atom is 0.274 e. The predicted octanol–water partition coefficient (Wildman–Crippen LogP) is 1.68. The van der Waals surface area contributed by atoms with E-state index in [1.807, 2.05) is 18.2 Å². The summed E-state index contributed by atoms with van der Waals surface area (Å²) in [6, 6.07) is 5.59. The Kier molecular flexibility index (Phi) is 5.42. The molecule has 7 nitrogen and oxygen atoms in total. The molecule has 0 aromatic carbocycles. The highest BCUT2D eigenvalue weighted by Gasteiger charge is 2.27. The van der Waals surface area contributed by atoms with Crippen LogP contribution in [0.4, 0.5) is 0 Å². The van der Waals surface area contributed by atoms with E-state index in [0.717, 1.165) is 30.5 Å². The summed E-state index contributed by atoms with van der Waals surface area (Å²) in [6.45, 7) is 2.99. The first-order valence-electron chi connectivity index (χ1n) is 8.67. The van der Waals surface area contributed by atoms with Crippen molar-refractivity contribution < 1.29 is 9.59 Å². The van der Waals surface area contributed by atoms with Crippen LogP contribution in [0.1, 0.15) is 47.9 Å². The van der Waals surface area contributed by atoms with Crippen LogP contribution in [0.15, 0.2) is 30.6 Å². The molecule has 2 aromatic rings. The minimum Gasteiger partial charge on any atom is -0.352 e. The molecule has 1 saturated heterocycles. The van der Waals surface area contributed by atoms with Gasteiger partial charge in [0.1, 0.15) is 5.69 Å². The molecule has 0 unspecified atom stereocenters. The number of hydrogen-bond donors (Lipinski definition) is 2. The lowest BCUT2D eigenvalue weighted by molar-refractivity contribution is -0.119. The maximum absolute atomic E-state index is 12.9. The molecule has 2 amide bonds. The van der Waals surface area contributed by atoms with Crippen LogP contribution >= 0.6 is 0 Å². The fourth-order valence-electron chi connectivity index (χ4n) is 3.04. The number of nitrogens with zero attached hydrogens (tertiary/aromatic N) is 3. The molecule has 1 aliphatic rings. The second kappa shape index (κ2) is 7.92. The standard InChI is InChI=1S/C18H23N5O2/c1-2-4-14-9-16(22-21-14)18(25)23(11-13-5-3-8-19-10-13)12-15-6-7-17(24)20-15/h3,5,8-10,15H,2,4,6-7,11-12H2,1H3,(H,20,24)(H,21,22)/t15-/m0/s1. The van der Waals surface area contributed by atoms with Gasteiger partial charge in [-0.25, -0.2) is 0 Å². The predicted molar refractivity (Wildman–Crippen MR) is 92.7 cm³/mol. The van der Waals surface area contributed by atoms with Crippen LogP contribution in [0.3, 0.4) is 0 Å². The van der Waals surface area contributed by atoms with Gasteiger partial charge in [-0.3, -0.25) is 19.7 Å². The molecule has 0 saturated carbocycles. The monoisotopic (exact) mass is 341 g/mol. The molecule has 1 atom stereocenters. The normalized spacial score (nSPS) is 16.7. The molecule has 7 heteroatoms. The maximum atomic E-state index is 12.9. The van der Waals surface area contributed by atoms with Crippen molar-refractivity contribution in [3.05, 3.63) is 47.5 Å². The number of hydrogen-bond acceptors (Lipinski definition) is 4. The fourth-order valence-corrected chi connectivity index (χ4v) is 3.04. The van der Waals surface area contributed by atoms with Crippen LogP contribution in [-0.4, -0.2) is 44.5 Å². The number of amides is 2. The number of aromatic amines is 1. The summed E-state index contributed by atoms with van der Waals surface area (Å²) < 4.78 is 0. The number of carbonyl (C=O) groups excluding carboxylic acids is 2. The molecule has 132 valence electrons. The molecule has 1 fully saturated rings. The second-order valence-electron chi connectivity index (χ2n) is 6.38. The Morgan fingerprint density at radius 1 is 1.44 bits per heavy atom. The molecule has 1 aliphatic heterocycles. The van der Waals surface area contributed by atoms with Crippen LogP contribution in [-0.2, 0) is 17.8 Å². The van der Waals surface area contributed by atoms with Gasteiger partial charge in [0.25, 0.3) is 5.91 Å². The number of carbonyl (C=O) groups is 2. The molecule has 3 rings (SSSR count). The molecular weight excluding hydrogens is 318 g/mol. The van der Waals surface area contributed by atoms with E-state index < -0.39 is 0 Å². The van der Waals surface area contributed by atoms with Gasteiger partial charge in [0.05, 0.1) is 0 Å². The average Bonchev–Trinajstić information content (AvgIpc) is 3.24. The number of rotatable bonds is 7. The topological polar surface area (TPSA) is 91.0 Å². The minimum atomic E-state index is -0.136. The molecule has 0 aliphatic carbocycles. The van der Waals surface area contributed by atoms with E-state index in [4.69, 9.17) is 0 Å². The third kappa shape index (κ3) is 4.43. The van der Waals surface area contributed by atoms with E-state index >= 15 is 0 Å². The Bertz CT molecular complexity index is 728. The molecular formula is C18H23N5O2. The van der Waals surface area contributed by atoms with Gasteiger partial charge in [-0.15, -0.1) is 0 Å². The summed E-state index contributed by atoms with van der Waals surface area (Å²) in [5.74, 6) is -0.0904. The number of pyridine rings is 1. The van der Waals surface area contributed by atoms with E-state index in [1.165, 1.54) is 0 Å². The third-order valence-electron chi connectivity index (χ3n) is 4.28. The molecule has 2 aromatic heterocycles. The summed E-state index contributed by atoms with van der Waals surface area (Å²) in [7, 11) is 0. The van der Waals surface area contributed by atoms with Crippen molar-refractivity contribution in [3.63, 3.8) is 0 Å². The highest BCUT2D eigenvalue weighted by atomic mass is 16.2. The second-order valence-corrected chi connectivity index (χ2v) is 6.38. The zero-order valence-electron chi connectivity index (χ0n) is 14.4. The van der Waals surface area contributed by atoms with E-state index in [2.05, 4.69) is 27.4 Å². The Morgan fingerprint density at radius 3 is 3.00 bits per heavy atom. The Hall–Kier alpha value is -2.70. The first-order chi connectivity index (χ1) is 12.2. The fraction of sp³-hybridized carbons (Fsp3) is 0.444. The highest BCUT2D eigenvalue weighted by Crippen LogP contribution is 2.14. The third-order valence-corrected chi connectivity index (χ3v) is 4.28. The van der Waals surface area contributed by atoms with Gasteiger partial charge in [0.2, 0.25) is 5.91 Å². The number of aryl methyl sites for hydroxylation is 1. The van der Waals surface area contributed by atoms with Gasteiger partial charge in [-0.2, -0.15) is 5.10 Å². The van der Waals surface area contributed by atoms with Crippen molar-refractivity contribution >= 4 is 11.8 Å². The smallest absolute Gasteiger partial charge is 0.274 e. The van der Waals surface area contributed by atoms with Crippen molar-refractivity contribution in [2.24, 2.45) is 0 Å². The summed E-state index contributed by atoms with van der Waals surface area (Å²) in [5.41, 5.74) is 2.32. The van der Waals surface area contributed by atoms with Crippen molar-refractivity contribution in [1.82, 2.24) is 25.4 Å². The number of H-pyrrole nitrogens is 1. The van der Waals surface area contributed by atoms with Crippen LogP contribution in [0.25, 0.3) is 0 Å². The highest BCUT2D eigenvalue weighted by molar-refractivity contribution is 5.92. The quantitative estimate of drug-likeness (QED) is 0.801. The van der Waals surface area contributed by atoms with Crippen LogP contribution in [0.5, 0.6) is 0 Å². The van der Waals surface area contributed by atoms with Gasteiger partial charge in [-0.05, 0) is 30.5 Å². The Morgan fingerprint density at radius 2 is 2.32 bits per heavy atom. The summed E-state index contributed by atoms with van der Waals surface area (Å²) >= 11 is 0. The summed E-state index contributed by atoms with van der Waals surface area (Å²) in [4.78, 5) is 30.3. The lowest BCUT2D eigenvalue weighted by Gasteiger charge is -2.25. The largest absolute Gasteiger partial charge is 0.352 e.